The number of aryl methyl sites for hydroxylation is 1. The van der Waals surface area contributed by atoms with Crippen LogP contribution in [0.1, 0.15) is 67.8 Å². The summed E-state index contributed by atoms with van der Waals surface area (Å²) in [5.41, 5.74) is 3.10. The Morgan fingerprint density at radius 1 is 1.10 bits per heavy atom. The van der Waals surface area contributed by atoms with E-state index in [4.69, 9.17) is 0 Å². The summed E-state index contributed by atoms with van der Waals surface area (Å²) in [6.07, 6.45) is 7.04. The molecule has 4 saturated carbocycles. The molecule has 0 aliphatic heterocycles. The molecule has 1 aromatic rings. The summed E-state index contributed by atoms with van der Waals surface area (Å²) in [5, 5.41) is 15.2. The molecule has 4 aliphatic carbocycles. The Kier molecular flexibility index (Phi) is 5.56. The molecule has 0 aromatic carbocycles. The van der Waals surface area contributed by atoms with Crippen molar-refractivity contribution >= 4 is 23.7 Å². The number of carbonyl (C=O) groups is 2. The normalized spacial score (nSPS) is 29.9. The molecular formula is C23H30N4O2S. The number of hydrogen-bond acceptors (Lipinski definition) is 5. The maximum absolute atomic E-state index is 12.7. The van der Waals surface area contributed by atoms with Crippen LogP contribution < -0.4 is 10.6 Å². The highest BCUT2D eigenvalue weighted by Gasteiger charge is 2.51. The molecular weight excluding hydrogens is 396 g/mol. The lowest BCUT2D eigenvalue weighted by molar-refractivity contribution is -0.119. The van der Waals surface area contributed by atoms with Crippen LogP contribution in [-0.2, 0) is 4.79 Å². The van der Waals surface area contributed by atoms with Gasteiger partial charge in [0.25, 0.3) is 0 Å². The van der Waals surface area contributed by atoms with E-state index in [0.29, 0.717) is 10.6 Å². The maximum atomic E-state index is 12.7. The van der Waals surface area contributed by atoms with Crippen LogP contribution in [0.2, 0.25) is 0 Å². The first-order valence-electron chi connectivity index (χ1n) is 10.9. The standard InChI is InChI=1S/C23H30N4O2S/c1-12-13(2)19(11-24)21(25-14(12)3)30-15(4)20(28)26-22(29)27-23-8-16-5-17(9-23)7-18(6-16)10-23/h15-18H,5-10H2,1-4H3,(H2,26,27,28,29). The minimum Gasteiger partial charge on any atom is -0.332 e. The fourth-order valence-electron chi connectivity index (χ4n) is 6.10. The molecule has 0 radical (unpaired) electrons. The van der Waals surface area contributed by atoms with Gasteiger partial charge in [-0.15, -0.1) is 0 Å². The second kappa shape index (κ2) is 7.88. The fourth-order valence-corrected chi connectivity index (χ4v) is 7.11. The molecule has 0 saturated heterocycles. The van der Waals surface area contributed by atoms with Gasteiger partial charge in [0, 0.05) is 11.2 Å². The Hall–Kier alpha value is -2.07. The summed E-state index contributed by atoms with van der Waals surface area (Å²) < 4.78 is 0. The summed E-state index contributed by atoms with van der Waals surface area (Å²) in [7, 11) is 0. The number of nitrogens with one attached hydrogen (secondary N) is 2. The SMILES string of the molecule is Cc1nc(SC(C)C(=O)NC(=O)NC23CC4CC(CC(C4)C2)C3)c(C#N)c(C)c1C. The Labute approximate surface area is 182 Å². The number of urea groups is 1. The average molecular weight is 427 g/mol. The number of pyridine rings is 1. The monoisotopic (exact) mass is 426 g/mol. The summed E-state index contributed by atoms with van der Waals surface area (Å²) in [6.45, 7) is 7.48. The van der Waals surface area contributed by atoms with E-state index in [1.807, 2.05) is 20.8 Å². The van der Waals surface area contributed by atoms with Crippen LogP contribution in [0.3, 0.4) is 0 Å². The first kappa shape index (κ1) is 21.2. The topological polar surface area (TPSA) is 94.9 Å². The van der Waals surface area contributed by atoms with Crippen molar-refractivity contribution in [2.45, 2.75) is 82.0 Å². The second-order valence-electron chi connectivity index (χ2n) is 9.64. The molecule has 3 amide bonds. The summed E-state index contributed by atoms with van der Waals surface area (Å²) in [5.74, 6) is 1.82. The smallest absolute Gasteiger partial charge is 0.321 e. The van der Waals surface area contributed by atoms with Crippen LogP contribution in [-0.4, -0.2) is 27.7 Å². The van der Waals surface area contributed by atoms with E-state index in [-0.39, 0.29) is 17.5 Å². The molecule has 1 aromatic heterocycles. The lowest BCUT2D eigenvalue weighted by atomic mass is 9.53. The molecule has 4 bridgehead atoms. The molecule has 1 heterocycles. The fraction of sp³-hybridized carbons (Fsp3) is 0.652. The van der Waals surface area contributed by atoms with Crippen LogP contribution in [0.4, 0.5) is 4.79 Å². The molecule has 1 unspecified atom stereocenters. The van der Waals surface area contributed by atoms with Crippen molar-refractivity contribution in [1.82, 2.24) is 15.6 Å². The van der Waals surface area contributed by atoms with E-state index in [0.717, 1.165) is 53.8 Å². The highest BCUT2D eigenvalue weighted by atomic mass is 32.2. The number of aromatic nitrogens is 1. The molecule has 4 aliphatic rings. The lowest BCUT2D eigenvalue weighted by Gasteiger charge is -2.56. The molecule has 7 heteroatoms. The zero-order valence-corrected chi connectivity index (χ0v) is 19.0. The van der Waals surface area contributed by atoms with Crippen LogP contribution in [0, 0.1) is 49.9 Å². The Morgan fingerprint density at radius 3 is 2.20 bits per heavy atom. The number of rotatable bonds is 4. The Bertz CT molecular complexity index is 901. The predicted octanol–water partition coefficient (Wildman–Crippen LogP) is 4.15. The van der Waals surface area contributed by atoms with Crippen molar-refractivity contribution in [3.8, 4) is 6.07 Å². The number of thioether (sulfide) groups is 1. The molecule has 1 atom stereocenters. The van der Waals surface area contributed by atoms with Gasteiger partial charge in [-0.25, -0.2) is 9.78 Å². The summed E-state index contributed by atoms with van der Waals surface area (Å²) >= 11 is 1.23. The zero-order valence-electron chi connectivity index (χ0n) is 18.2. The number of imide groups is 1. The zero-order chi connectivity index (χ0) is 21.6. The van der Waals surface area contributed by atoms with Crippen LogP contribution in [0.5, 0.6) is 0 Å². The van der Waals surface area contributed by atoms with Gasteiger partial charge in [-0.1, -0.05) is 11.8 Å². The maximum Gasteiger partial charge on any atom is 0.321 e. The van der Waals surface area contributed by atoms with E-state index in [1.165, 1.54) is 31.0 Å². The van der Waals surface area contributed by atoms with Crippen LogP contribution >= 0.6 is 11.8 Å². The Morgan fingerprint density at radius 2 is 1.67 bits per heavy atom. The number of hydrogen-bond donors (Lipinski definition) is 2. The Balaban J connectivity index is 1.39. The predicted molar refractivity (Wildman–Crippen MR) is 116 cm³/mol. The molecule has 0 spiro atoms. The number of carbonyl (C=O) groups excluding carboxylic acids is 2. The number of amides is 3. The van der Waals surface area contributed by atoms with Gasteiger partial charge in [0.2, 0.25) is 5.91 Å². The van der Waals surface area contributed by atoms with Crippen molar-refractivity contribution in [1.29, 1.82) is 5.26 Å². The van der Waals surface area contributed by atoms with Crippen molar-refractivity contribution in [3.63, 3.8) is 0 Å². The van der Waals surface area contributed by atoms with Gasteiger partial charge in [-0.2, -0.15) is 5.26 Å². The first-order valence-corrected chi connectivity index (χ1v) is 11.7. The minimum absolute atomic E-state index is 0.129. The third kappa shape index (κ3) is 3.94. The van der Waals surface area contributed by atoms with Gasteiger partial charge in [-0.3, -0.25) is 10.1 Å². The van der Waals surface area contributed by atoms with Crippen molar-refractivity contribution in [2.75, 3.05) is 0 Å². The summed E-state index contributed by atoms with van der Waals surface area (Å²) in [6, 6.07) is 1.82. The molecule has 5 rings (SSSR count). The molecule has 6 nitrogen and oxygen atoms in total. The van der Waals surface area contributed by atoms with Crippen molar-refractivity contribution < 1.29 is 9.59 Å². The first-order chi connectivity index (χ1) is 14.2. The van der Waals surface area contributed by atoms with E-state index in [1.54, 1.807) is 6.92 Å². The van der Waals surface area contributed by atoms with E-state index in [2.05, 4.69) is 21.7 Å². The van der Waals surface area contributed by atoms with Gasteiger partial charge in [0.05, 0.1) is 10.8 Å². The van der Waals surface area contributed by atoms with Crippen LogP contribution in [0.25, 0.3) is 0 Å². The third-order valence-electron chi connectivity index (χ3n) is 7.39. The van der Waals surface area contributed by atoms with Gasteiger partial charge in [-0.05, 0) is 95.1 Å². The highest BCUT2D eigenvalue weighted by Crippen LogP contribution is 2.55. The lowest BCUT2D eigenvalue weighted by Crippen LogP contribution is -2.62. The van der Waals surface area contributed by atoms with E-state index < -0.39 is 5.25 Å². The minimum atomic E-state index is -0.534. The summed E-state index contributed by atoms with van der Waals surface area (Å²) in [4.78, 5) is 29.8. The van der Waals surface area contributed by atoms with Crippen LogP contribution in [0.15, 0.2) is 5.03 Å². The average Bonchev–Trinajstić information content (AvgIpc) is 2.64. The van der Waals surface area contributed by atoms with Gasteiger partial charge < -0.3 is 5.32 Å². The highest BCUT2D eigenvalue weighted by molar-refractivity contribution is 8.00. The van der Waals surface area contributed by atoms with Crippen molar-refractivity contribution in [3.05, 3.63) is 22.4 Å². The van der Waals surface area contributed by atoms with Gasteiger partial charge >= 0.3 is 6.03 Å². The third-order valence-corrected chi connectivity index (χ3v) is 8.47. The van der Waals surface area contributed by atoms with E-state index in [9.17, 15) is 14.9 Å². The largest absolute Gasteiger partial charge is 0.332 e. The molecule has 30 heavy (non-hydrogen) atoms. The van der Waals surface area contributed by atoms with Crippen molar-refractivity contribution in [2.24, 2.45) is 17.8 Å². The number of nitriles is 1. The molecule has 2 N–H and O–H groups in total. The quantitative estimate of drug-likeness (QED) is 0.705. The number of nitrogens with zero attached hydrogens (tertiary/aromatic N) is 2. The van der Waals surface area contributed by atoms with E-state index >= 15 is 0 Å². The molecule has 160 valence electrons. The molecule has 4 fully saturated rings. The van der Waals surface area contributed by atoms with Gasteiger partial charge in [0.1, 0.15) is 11.1 Å². The second-order valence-corrected chi connectivity index (χ2v) is 11.0. The van der Waals surface area contributed by atoms with Gasteiger partial charge in [0.15, 0.2) is 0 Å².